The third-order valence-corrected chi connectivity index (χ3v) is 6.70. The van der Waals surface area contributed by atoms with Crippen molar-refractivity contribution in [1.82, 2.24) is 9.47 Å². The average Bonchev–Trinajstić information content (AvgIpc) is 3.29. The Hall–Kier alpha value is -3.86. The molecule has 2 fully saturated rings. The Bertz CT molecular complexity index is 1370. The quantitative estimate of drug-likeness (QED) is 0.410. The number of nitrogens with two attached hydrogens (primary N) is 1. The van der Waals surface area contributed by atoms with E-state index in [0.717, 1.165) is 6.42 Å². The van der Waals surface area contributed by atoms with Gasteiger partial charge in [-0.25, -0.2) is 14.4 Å². The Balaban J connectivity index is 1.37. The molecule has 34 heavy (non-hydrogen) atoms. The van der Waals surface area contributed by atoms with Gasteiger partial charge in [0.1, 0.15) is 6.04 Å². The van der Waals surface area contributed by atoms with Crippen molar-refractivity contribution < 1.29 is 24.3 Å². The van der Waals surface area contributed by atoms with Crippen molar-refractivity contribution in [2.75, 3.05) is 10.6 Å². The number of aromatic carboxylic acids is 1. The number of para-hydroxylation sites is 1. The van der Waals surface area contributed by atoms with E-state index in [1.807, 2.05) is 0 Å². The fourth-order valence-electron chi connectivity index (χ4n) is 4.63. The highest BCUT2D eigenvalue weighted by Gasteiger charge is 2.56. The summed E-state index contributed by atoms with van der Waals surface area (Å²) in [6.07, 6.45) is 2.81. The van der Waals surface area contributed by atoms with Crippen LogP contribution in [0.1, 0.15) is 23.2 Å². The van der Waals surface area contributed by atoms with Gasteiger partial charge in [0.2, 0.25) is 5.91 Å². The summed E-state index contributed by atoms with van der Waals surface area (Å²) in [6, 6.07) is 9.57. The number of hydrogen-bond donors (Lipinski definition) is 4. The molecular weight excluding hydrogens is 506 g/mol. The number of aromatic nitrogens is 1. The number of anilines is 2. The second kappa shape index (κ2) is 8.17. The molecule has 5 rings (SSSR count). The van der Waals surface area contributed by atoms with E-state index >= 15 is 0 Å². The lowest BCUT2D eigenvalue weighted by Crippen LogP contribution is -2.47. The lowest BCUT2D eigenvalue weighted by Gasteiger charge is -2.27. The molecule has 0 bridgehead atoms. The fourth-order valence-corrected chi connectivity index (χ4v) is 5.13. The summed E-state index contributed by atoms with van der Waals surface area (Å²) in [5.74, 6) is -1.27. The van der Waals surface area contributed by atoms with Crippen LogP contribution >= 0.6 is 15.9 Å². The number of rotatable bonds is 4. The highest BCUT2D eigenvalue weighted by Crippen LogP contribution is 2.48. The van der Waals surface area contributed by atoms with Crippen molar-refractivity contribution in [2.45, 2.75) is 24.9 Å². The normalized spacial score (nSPS) is 20.6. The van der Waals surface area contributed by atoms with Crippen LogP contribution < -0.4 is 16.4 Å². The number of nitrogens with one attached hydrogen (secondary N) is 2. The number of urea groups is 1. The Morgan fingerprint density at radius 1 is 1.06 bits per heavy atom. The molecule has 2 aliphatic rings. The van der Waals surface area contributed by atoms with Gasteiger partial charge in [-0.1, -0.05) is 34.1 Å². The van der Waals surface area contributed by atoms with Crippen molar-refractivity contribution in [3.05, 3.63) is 58.7 Å². The van der Waals surface area contributed by atoms with Crippen molar-refractivity contribution in [2.24, 2.45) is 11.7 Å². The first-order valence-corrected chi connectivity index (χ1v) is 11.4. The number of carboxylic acids is 1. The fraction of sp³-hybridized carbons (Fsp3) is 0.217. The molecule has 174 valence electrons. The first kappa shape index (κ1) is 22.0. The number of halogens is 1. The molecule has 0 radical (unpaired) electrons. The highest BCUT2D eigenvalue weighted by atomic mass is 79.9. The molecule has 1 saturated carbocycles. The second-order valence-electron chi connectivity index (χ2n) is 8.44. The van der Waals surface area contributed by atoms with Crippen LogP contribution in [0, 0.1) is 5.92 Å². The van der Waals surface area contributed by atoms with E-state index in [1.165, 1.54) is 27.8 Å². The van der Waals surface area contributed by atoms with E-state index in [2.05, 4.69) is 26.6 Å². The number of benzene rings is 2. The number of amides is 4. The van der Waals surface area contributed by atoms with Crippen molar-refractivity contribution in [1.29, 1.82) is 0 Å². The number of primary amides is 1. The summed E-state index contributed by atoms with van der Waals surface area (Å²) in [5, 5.41) is 15.5. The largest absolute Gasteiger partial charge is 0.478 e. The minimum Gasteiger partial charge on any atom is -0.478 e. The number of carboxylic acid groups (broad SMARTS) is 1. The van der Waals surface area contributed by atoms with Gasteiger partial charge in [0.05, 0.1) is 16.8 Å². The summed E-state index contributed by atoms with van der Waals surface area (Å²) in [5.41, 5.74) is 6.79. The van der Waals surface area contributed by atoms with Gasteiger partial charge in [-0.05, 0) is 43.0 Å². The monoisotopic (exact) mass is 525 g/mol. The number of hydrogen-bond acceptors (Lipinski definition) is 4. The van der Waals surface area contributed by atoms with Gasteiger partial charge in [-0.15, -0.1) is 0 Å². The number of nitrogens with zero attached hydrogens (tertiary/aromatic N) is 2. The van der Waals surface area contributed by atoms with Gasteiger partial charge in [0.15, 0.2) is 0 Å². The average molecular weight is 526 g/mol. The third-order valence-electron chi connectivity index (χ3n) is 6.24. The van der Waals surface area contributed by atoms with Gasteiger partial charge >= 0.3 is 18.0 Å². The van der Waals surface area contributed by atoms with Crippen molar-refractivity contribution in [3.8, 4) is 0 Å². The Kier molecular flexibility index (Phi) is 5.28. The smallest absolute Gasteiger partial charge is 0.335 e. The zero-order valence-electron chi connectivity index (χ0n) is 17.7. The number of carbonyl (C=O) groups excluding carboxylic acids is 3. The molecule has 1 aliphatic heterocycles. The van der Waals surface area contributed by atoms with E-state index < -0.39 is 30.0 Å². The molecule has 2 aromatic carbocycles. The van der Waals surface area contributed by atoms with Gasteiger partial charge in [-0.3, -0.25) is 9.36 Å². The lowest BCUT2D eigenvalue weighted by molar-refractivity contribution is -0.120. The maximum absolute atomic E-state index is 13.3. The molecule has 0 spiro atoms. The Morgan fingerprint density at radius 3 is 2.56 bits per heavy atom. The number of fused-ring (bicyclic) bond motifs is 2. The highest BCUT2D eigenvalue weighted by molar-refractivity contribution is 9.10. The molecule has 4 amide bonds. The SMILES string of the molecule is NC(=O)n1cc(NC(=O)N2[C@@H]3C[C@H]3C[C@H]2C(=O)Nc2cc(Br)cc(C(=O)O)c2)c2ccccc21. The van der Waals surface area contributed by atoms with E-state index in [-0.39, 0.29) is 17.5 Å². The summed E-state index contributed by atoms with van der Waals surface area (Å²) >= 11 is 3.25. The second-order valence-corrected chi connectivity index (χ2v) is 9.36. The number of likely N-dealkylation sites (tertiary alicyclic amines) is 1. The van der Waals surface area contributed by atoms with Gasteiger partial charge in [0.25, 0.3) is 0 Å². The zero-order valence-corrected chi connectivity index (χ0v) is 19.3. The van der Waals surface area contributed by atoms with Crippen LogP contribution in [0.4, 0.5) is 21.0 Å². The number of piperidine rings is 1. The first-order chi connectivity index (χ1) is 16.2. The summed E-state index contributed by atoms with van der Waals surface area (Å²) in [7, 11) is 0. The Morgan fingerprint density at radius 2 is 1.82 bits per heavy atom. The maximum atomic E-state index is 13.3. The summed E-state index contributed by atoms with van der Waals surface area (Å²) in [4.78, 5) is 51.0. The van der Waals surface area contributed by atoms with Crippen LogP contribution in [0.3, 0.4) is 0 Å². The van der Waals surface area contributed by atoms with E-state index in [0.29, 0.717) is 33.2 Å². The van der Waals surface area contributed by atoms with Crippen LogP contribution in [0.5, 0.6) is 0 Å². The molecule has 11 heteroatoms. The van der Waals surface area contributed by atoms with Gasteiger partial charge in [0, 0.05) is 27.8 Å². The molecule has 10 nitrogen and oxygen atoms in total. The van der Waals surface area contributed by atoms with Crippen LogP contribution in [0.15, 0.2) is 53.1 Å². The van der Waals surface area contributed by atoms with Crippen molar-refractivity contribution >= 4 is 62.1 Å². The molecule has 2 heterocycles. The van der Waals surface area contributed by atoms with Crippen LogP contribution in [0.25, 0.3) is 10.9 Å². The molecule has 1 aliphatic carbocycles. The van der Waals surface area contributed by atoms with Crippen molar-refractivity contribution in [3.63, 3.8) is 0 Å². The molecule has 5 N–H and O–H groups in total. The first-order valence-electron chi connectivity index (χ1n) is 10.6. The standard InChI is InChI=1S/C23H20BrN5O5/c24-13-5-12(21(31)32)6-14(9-13)26-20(30)19-8-11-7-18(11)29(19)23(34)27-16-10-28(22(25)33)17-4-2-1-3-15(16)17/h1-6,9-11,18-19H,7-8H2,(H2,25,33)(H,26,30)(H,27,34)(H,31,32)/t11-,18+,19-/m0/s1. The van der Waals surface area contributed by atoms with Gasteiger partial charge < -0.3 is 26.4 Å². The van der Waals surface area contributed by atoms with Crippen LogP contribution in [-0.2, 0) is 4.79 Å². The molecule has 3 aromatic rings. The zero-order chi connectivity index (χ0) is 24.1. The molecule has 0 unspecified atom stereocenters. The molecule has 1 aromatic heterocycles. The third kappa shape index (κ3) is 3.87. The molecule has 1 saturated heterocycles. The van der Waals surface area contributed by atoms with E-state index in [1.54, 1.807) is 30.3 Å². The molecule has 3 atom stereocenters. The summed E-state index contributed by atoms with van der Waals surface area (Å²) < 4.78 is 1.77. The van der Waals surface area contributed by atoms with E-state index in [4.69, 9.17) is 5.73 Å². The molecular formula is C23H20BrN5O5. The summed E-state index contributed by atoms with van der Waals surface area (Å²) in [6.45, 7) is 0. The van der Waals surface area contributed by atoms with Gasteiger partial charge in [-0.2, -0.15) is 0 Å². The van der Waals surface area contributed by atoms with E-state index in [9.17, 15) is 24.3 Å². The van der Waals surface area contributed by atoms with Crippen LogP contribution in [-0.4, -0.2) is 50.6 Å². The topological polar surface area (TPSA) is 147 Å². The number of carbonyl (C=O) groups is 4. The minimum atomic E-state index is -1.12. The van der Waals surface area contributed by atoms with Crippen LogP contribution in [0.2, 0.25) is 0 Å². The minimum absolute atomic E-state index is 0.0272. The lowest BCUT2D eigenvalue weighted by atomic mass is 10.1. The maximum Gasteiger partial charge on any atom is 0.335 e. The predicted octanol–water partition coefficient (Wildman–Crippen LogP) is 3.66. The Labute approximate surface area is 201 Å². The predicted molar refractivity (Wildman–Crippen MR) is 128 cm³/mol.